The van der Waals surface area contributed by atoms with Crippen LogP contribution < -0.4 is 10.6 Å². The van der Waals surface area contributed by atoms with E-state index in [1.807, 2.05) is 30.0 Å². The molecule has 154 valence electrons. The number of hydrogen-bond acceptors (Lipinski definition) is 4. The fourth-order valence-electron chi connectivity index (χ4n) is 3.15. The summed E-state index contributed by atoms with van der Waals surface area (Å²) in [4.78, 5) is 6.00. The summed E-state index contributed by atoms with van der Waals surface area (Å²) in [5.74, 6) is 2.79. The summed E-state index contributed by atoms with van der Waals surface area (Å²) in [6.45, 7) is 1.53. The molecule has 0 spiro atoms. The first-order valence-electron chi connectivity index (χ1n) is 9.73. The number of aliphatic hydroxyl groups is 1. The van der Waals surface area contributed by atoms with Crippen molar-refractivity contribution in [3.05, 3.63) is 54.5 Å². The molecule has 1 aromatic carbocycles. The molecule has 3 N–H and O–H groups in total. The lowest BCUT2D eigenvalue weighted by molar-refractivity contribution is 0.120. The van der Waals surface area contributed by atoms with Crippen molar-refractivity contribution in [2.75, 3.05) is 18.8 Å². The molecule has 0 aliphatic heterocycles. The van der Waals surface area contributed by atoms with Crippen LogP contribution in [0, 0.1) is 0 Å². The molecular formula is C21H30IN3O2S. The normalized spacial score (nSPS) is 19.7. The van der Waals surface area contributed by atoms with Crippen LogP contribution in [-0.4, -0.2) is 42.1 Å². The second-order valence-corrected chi connectivity index (χ2v) is 7.97. The number of nitrogens with one attached hydrogen (secondary N) is 2. The number of rotatable bonds is 8. The average Bonchev–Trinajstić information content (AvgIpc) is 3.21. The number of aliphatic hydroxyl groups excluding tert-OH is 1. The van der Waals surface area contributed by atoms with Gasteiger partial charge in [-0.15, -0.1) is 35.7 Å². The van der Waals surface area contributed by atoms with Gasteiger partial charge in [-0.3, -0.25) is 4.99 Å². The Balaban J connectivity index is 0.00000280. The van der Waals surface area contributed by atoms with E-state index in [1.54, 1.807) is 6.26 Å². The highest BCUT2D eigenvalue weighted by molar-refractivity contribution is 14.0. The van der Waals surface area contributed by atoms with E-state index in [-0.39, 0.29) is 30.1 Å². The lowest BCUT2D eigenvalue weighted by atomic mass is 9.93. The molecule has 2 aromatic rings. The first-order chi connectivity index (χ1) is 13.3. The van der Waals surface area contributed by atoms with Crippen LogP contribution in [0.3, 0.4) is 0 Å². The zero-order valence-corrected chi connectivity index (χ0v) is 19.2. The van der Waals surface area contributed by atoms with E-state index in [4.69, 9.17) is 9.41 Å². The lowest BCUT2D eigenvalue weighted by Gasteiger charge is -2.27. The maximum atomic E-state index is 9.70. The quantitative estimate of drug-likeness (QED) is 0.163. The molecule has 1 aromatic heterocycles. The third kappa shape index (κ3) is 8.45. The maximum Gasteiger partial charge on any atom is 0.191 e. The minimum absolute atomic E-state index is 0. The fourth-order valence-corrected chi connectivity index (χ4v) is 3.94. The SMILES string of the molecule is I.OC1CCC(NC(=NCCc2ccco2)NCCSc2ccccc2)CC1. The van der Waals surface area contributed by atoms with Crippen LogP contribution in [0.15, 0.2) is 63.0 Å². The number of nitrogens with zero attached hydrogens (tertiary/aromatic N) is 1. The van der Waals surface area contributed by atoms with Gasteiger partial charge in [0.05, 0.1) is 12.4 Å². The van der Waals surface area contributed by atoms with Gasteiger partial charge < -0.3 is 20.2 Å². The number of halogens is 1. The van der Waals surface area contributed by atoms with Crippen molar-refractivity contribution in [3.8, 4) is 0 Å². The molecule has 5 nitrogen and oxygen atoms in total. The highest BCUT2D eigenvalue weighted by Crippen LogP contribution is 2.18. The van der Waals surface area contributed by atoms with E-state index in [0.29, 0.717) is 12.6 Å². The largest absolute Gasteiger partial charge is 0.469 e. The smallest absolute Gasteiger partial charge is 0.191 e. The van der Waals surface area contributed by atoms with E-state index < -0.39 is 0 Å². The van der Waals surface area contributed by atoms with Crippen molar-refractivity contribution in [1.29, 1.82) is 0 Å². The monoisotopic (exact) mass is 515 g/mol. The predicted molar refractivity (Wildman–Crippen MR) is 127 cm³/mol. The highest BCUT2D eigenvalue weighted by Gasteiger charge is 2.20. The fraction of sp³-hybridized carbons (Fsp3) is 0.476. The van der Waals surface area contributed by atoms with Gasteiger partial charge in [-0.1, -0.05) is 18.2 Å². The van der Waals surface area contributed by atoms with Crippen LogP contribution in [0.4, 0.5) is 0 Å². The van der Waals surface area contributed by atoms with Gasteiger partial charge in [0.1, 0.15) is 5.76 Å². The van der Waals surface area contributed by atoms with Gasteiger partial charge in [0.25, 0.3) is 0 Å². The zero-order valence-electron chi connectivity index (χ0n) is 16.0. The van der Waals surface area contributed by atoms with Crippen LogP contribution in [0.25, 0.3) is 0 Å². The molecule has 0 radical (unpaired) electrons. The van der Waals surface area contributed by atoms with Crippen molar-refractivity contribution in [2.45, 2.75) is 49.1 Å². The number of benzene rings is 1. The molecular weight excluding hydrogens is 485 g/mol. The van der Waals surface area contributed by atoms with Gasteiger partial charge >= 0.3 is 0 Å². The molecule has 0 atom stereocenters. The third-order valence-electron chi connectivity index (χ3n) is 4.65. The van der Waals surface area contributed by atoms with Gasteiger partial charge in [0.15, 0.2) is 5.96 Å². The Morgan fingerprint density at radius 1 is 1.11 bits per heavy atom. The number of aliphatic imine (C=N–C) groups is 1. The number of thioether (sulfide) groups is 1. The van der Waals surface area contributed by atoms with E-state index in [9.17, 15) is 5.11 Å². The molecule has 0 unspecified atom stereocenters. The van der Waals surface area contributed by atoms with Crippen LogP contribution in [0.2, 0.25) is 0 Å². The molecule has 0 saturated heterocycles. The molecule has 1 aliphatic carbocycles. The summed E-state index contributed by atoms with van der Waals surface area (Å²) in [6, 6.07) is 14.7. The molecule has 1 heterocycles. The molecule has 0 bridgehead atoms. The molecule has 1 aliphatic rings. The third-order valence-corrected chi connectivity index (χ3v) is 5.67. The van der Waals surface area contributed by atoms with Gasteiger partial charge in [-0.05, 0) is 49.9 Å². The standard InChI is InChI=1S/C21H29N3O2S.HI/c25-18-10-8-17(9-11-18)24-21(22-13-12-19-5-4-15-26-19)23-14-16-27-20-6-2-1-3-7-20;/h1-7,15,17-18,25H,8-14,16H2,(H2,22,23,24);1H. The van der Waals surface area contributed by atoms with E-state index in [1.165, 1.54) is 4.90 Å². The second-order valence-electron chi connectivity index (χ2n) is 6.80. The lowest BCUT2D eigenvalue weighted by Crippen LogP contribution is -2.46. The molecule has 28 heavy (non-hydrogen) atoms. The Morgan fingerprint density at radius 3 is 2.61 bits per heavy atom. The first-order valence-corrected chi connectivity index (χ1v) is 10.7. The summed E-state index contributed by atoms with van der Waals surface area (Å²) < 4.78 is 5.38. The highest BCUT2D eigenvalue weighted by atomic mass is 127. The molecule has 7 heteroatoms. The maximum absolute atomic E-state index is 9.70. The van der Waals surface area contributed by atoms with Gasteiger partial charge in [-0.2, -0.15) is 0 Å². The van der Waals surface area contributed by atoms with Gasteiger partial charge in [0.2, 0.25) is 0 Å². The van der Waals surface area contributed by atoms with Crippen molar-refractivity contribution in [2.24, 2.45) is 4.99 Å². The summed E-state index contributed by atoms with van der Waals surface area (Å²) in [5, 5.41) is 16.7. The zero-order chi connectivity index (χ0) is 18.7. The van der Waals surface area contributed by atoms with Crippen molar-refractivity contribution in [1.82, 2.24) is 10.6 Å². The van der Waals surface area contributed by atoms with Crippen molar-refractivity contribution >= 4 is 41.7 Å². The number of hydrogen-bond donors (Lipinski definition) is 3. The van der Waals surface area contributed by atoms with E-state index in [2.05, 4.69) is 34.9 Å². The van der Waals surface area contributed by atoms with E-state index in [0.717, 1.165) is 56.1 Å². The molecule has 1 saturated carbocycles. The summed E-state index contributed by atoms with van der Waals surface area (Å²) >= 11 is 1.84. The Bertz CT molecular complexity index is 674. The van der Waals surface area contributed by atoms with Crippen LogP contribution in [-0.2, 0) is 6.42 Å². The van der Waals surface area contributed by atoms with Crippen LogP contribution in [0.5, 0.6) is 0 Å². The van der Waals surface area contributed by atoms with Gasteiger partial charge in [0, 0.05) is 36.2 Å². The molecule has 3 rings (SSSR count). The Hall–Kier alpha value is -1.19. The Labute approximate surface area is 188 Å². The predicted octanol–water partition coefficient (Wildman–Crippen LogP) is 4.07. The minimum Gasteiger partial charge on any atom is -0.469 e. The Morgan fingerprint density at radius 2 is 1.89 bits per heavy atom. The van der Waals surface area contributed by atoms with Crippen molar-refractivity contribution in [3.63, 3.8) is 0 Å². The summed E-state index contributed by atoms with van der Waals surface area (Å²) in [7, 11) is 0. The number of furan rings is 1. The number of guanidine groups is 1. The first kappa shape index (κ1) is 23.1. The topological polar surface area (TPSA) is 69.8 Å². The minimum atomic E-state index is -0.141. The Kier molecular flexibility index (Phi) is 10.8. The van der Waals surface area contributed by atoms with Crippen molar-refractivity contribution < 1.29 is 9.52 Å². The molecule has 1 fully saturated rings. The van der Waals surface area contributed by atoms with E-state index >= 15 is 0 Å². The average molecular weight is 515 g/mol. The second kappa shape index (κ2) is 13.1. The van der Waals surface area contributed by atoms with Gasteiger partial charge in [-0.25, -0.2) is 0 Å². The van der Waals surface area contributed by atoms with Crippen LogP contribution >= 0.6 is 35.7 Å². The molecule has 0 amide bonds. The summed E-state index contributed by atoms with van der Waals surface area (Å²) in [5.41, 5.74) is 0. The van der Waals surface area contributed by atoms with Crippen LogP contribution in [0.1, 0.15) is 31.4 Å². The summed E-state index contributed by atoms with van der Waals surface area (Å²) in [6.07, 6.45) is 6.05.